The highest BCUT2D eigenvalue weighted by molar-refractivity contribution is 5.78. The number of aliphatic imine (C=N–C) groups is 1. The number of likely N-dealkylation sites (tertiary alicyclic amines) is 1. The predicted molar refractivity (Wildman–Crippen MR) is 47.6 cm³/mol. The van der Waals surface area contributed by atoms with E-state index in [9.17, 15) is 0 Å². The number of nitrogens with two attached hydrogens (primary N) is 1. The van der Waals surface area contributed by atoms with Crippen LogP contribution in [0.4, 0.5) is 0 Å². The van der Waals surface area contributed by atoms with Crippen molar-refractivity contribution < 1.29 is 0 Å². The minimum atomic E-state index is 0.576. The molecule has 0 aromatic carbocycles. The van der Waals surface area contributed by atoms with Crippen molar-refractivity contribution in [2.45, 2.75) is 32.2 Å². The molecule has 1 unspecified atom stereocenters. The van der Waals surface area contributed by atoms with Crippen molar-refractivity contribution in [3.8, 4) is 0 Å². The van der Waals surface area contributed by atoms with Gasteiger partial charge in [0.1, 0.15) is 0 Å². The summed E-state index contributed by atoms with van der Waals surface area (Å²) in [5.41, 5.74) is 5.71. The molecule has 1 aliphatic heterocycles. The molecular formula is C8H17N3. The topological polar surface area (TPSA) is 41.6 Å². The standard InChI is InChI=1S/C8H17N3/c1-7-5-3-4-6-11(7)8(9)10-2/h7H,3-6H2,1-2H3,(H2,9,10). The lowest BCUT2D eigenvalue weighted by Gasteiger charge is -2.33. The van der Waals surface area contributed by atoms with Crippen molar-refractivity contribution >= 4 is 5.96 Å². The molecule has 1 atom stereocenters. The Morgan fingerprint density at radius 3 is 2.82 bits per heavy atom. The first-order valence-corrected chi connectivity index (χ1v) is 4.24. The van der Waals surface area contributed by atoms with Gasteiger partial charge in [-0.2, -0.15) is 0 Å². The molecule has 0 aromatic rings. The van der Waals surface area contributed by atoms with Gasteiger partial charge in [0.25, 0.3) is 0 Å². The number of hydrogen-bond acceptors (Lipinski definition) is 1. The van der Waals surface area contributed by atoms with Gasteiger partial charge in [0.05, 0.1) is 0 Å². The monoisotopic (exact) mass is 155 g/mol. The van der Waals surface area contributed by atoms with E-state index in [1.54, 1.807) is 7.05 Å². The van der Waals surface area contributed by atoms with E-state index in [1.807, 2.05) is 0 Å². The molecule has 0 bridgehead atoms. The first-order valence-electron chi connectivity index (χ1n) is 4.24. The van der Waals surface area contributed by atoms with Crippen LogP contribution >= 0.6 is 0 Å². The molecule has 0 aromatic heterocycles. The Balaban J connectivity index is 2.54. The third-order valence-electron chi connectivity index (χ3n) is 2.33. The molecule has 0 amide bonds. The molecule has 64 valence electrons. The molecule has 0 saturated carbocycles. The molecule has 1 saturated heterocycles. The largest absolute Gasteiger partial charge is 0.370 e. The van der Waals surface area contributed by atoms with E-state index in [0.717, 1.165) is 6.54 Å². The minimum absolute atomic E-state index is 0.576. The fourth-order valence-corrected chi connectivity index (χ4v) is 1.57. The fraction of sp³-hybridized carbons (Fsp3) is 0.875. The maximum Gasteiger partial charge on any atom is 0.191 e. The summed E-state index contributed by atoms with van der Waals surface area (Å²) in [6, 6.07) is 0.576. The van der Waals surface area contributed by atoms with E-state index < -0.39 is 0 Å². The zero-order valence-corrected chi connectivity index (χ0v) is 7.38. The van der Waals surface area contributed by atoms with E-state index in [1.165, 1.54) is 19.3 Å². The lowest BCUT2D eigenvalue weighted by molar-refractivity contribution is 0.255. The third kappa shape index (κ3) is 1.85. The lowest BCUT2D eigenvalue weighted by Crippen LogP contribution is -2.46. The van der Waals surface area contributed by atoms with Crippen LogP contribution in [-0.4, -0.2) is 30.5 Å². The maximum atomic E-state index is 5.71. The van der Waals surface area contributed by atoms with Crippen LogP contribution in [0, 0.1) is 0 Å². The first-order chi connectivity index (χ1) is 5.25. The average Bonchev–Trinajstić information content (AvgIpc) is 2.04. The summed E-state index contributed by atoms with van der Waals surface area (Å²) in [7, 11) is 1.75. The second kappa shape index (κ2) is 3.60. The van der Waals surface area contributed by atoms with E-state index in [-0.39, 0.29) is 0 Å². The summed E-state index contributed by atoms with van der Waals surface area (Å²) in [5, 5.41) is 0. The maximum absolute atomic E-state index is 5.71. The minimum Gasteiger partial charge on any atom is -0.370 e. The van der Waals surface area contributed by atoms with E-state index in [2.05, 4.69) is 16.8 Å². The van der Waals surface area contributed by atoms with E-state index in [0.29, 0.717) is 12.0 Å². The van der Waals surface area contributed by atoms with E-state index >= 15 is 0 Å². The van der Waals surface area contributed by atoms with Crippen molar-refractivity contribution in [3.05, 3.63) is 0 Å². The lowest BCUT2D eigenvalue weighted by atomic mass is 10.0. The highest BCUT2D eigenvalue weighted by Gasteiger charge is 2.18. The van der Waals surface area contributed by atoms with Gasteiger partial charge in [-0.05, 0) is 26.2 Å². The van der Waals surface area contributed by atoms with Crippen LogP contribution in [-0.2, 0) is 0 Å². The highest BCUT2D eigenvalue weighted by atomic mass is 15.3. The third-order valence-corrected chi connectivity index (χ3v) is 2.33. The first kappa shape index (κ1) is 8.37. The van der Waals surface area contributed by atoms with E-state index in [4.69, 9.17) is 5.73 Å². The van der Waals surface area contributed by atoms with Gasteiger partial charge >= 0.3 is 0 Å². The van der Waals surface area contributed by atoms with Gasteiger partial charge in [0, 0.05) is 19.6 Å². The molecule has 2 N–H and O–H groups in total. The average molecular weight is 155 g/mol. The van der Waals surface area contributed by atoms with Crippen LogP contribution < -0.4 is 5.73 Å². The Labute approximate surface area is 68.3 Å². The zero-order chi connectivity index (χ0) is 8.27. The van der Waals surface area contributed by atoms with Gasteiger partial charge in [-0.15, -0.1) is 0 Å². The summed E-state index contributed by atoms with van der Waals surface area (Å²) in [6.07, 6.45) is 3.82. The normalized spacial score (nSPS) is 27.3. The second-order valence-corrected chi connectivity index (χ2v) is 3.12. The van der Waals surface area contributed by atoms with Crippen LogP contribution in [0.2, 0.25) is 0 Å². The molecule has 1 aliphatic rings. The Hall–Kier alpha value is -0.730. The molecule has 1 fully saturated rings. The molecule has 0 spiro atoms. The predicted octanol–water partition coefficient (Wildman–Crippen LogP) is 0.805. The number of nitrogens with zero attached hydrogens (tertiary/aromatic N) is 2. The zero-order valence-electron chi connectivity index (χ0n) is 7.38. The smallest absolute Gasteiger partial charge is 0.191 e. The van der Waals surface area contributed by atoms with Crippen molar-refractivity contribution in [1.29, 1.82) is 0 Å². The number of hydrogen-bond donors (Lipinski definition) is 1. The number of guanidine groups is 1. The fourth-order valence-electron chi connectivity index (χ4n) is 1.57. The van der Waals surface area contributed by atoms with Crippen molar-refractivity contribution in [2.24, 2.45) is 10.7 Å². The van der Waals surface area contributed by atoms with Crippen molar-refractivity contribution in [3.63, 3.8) is 0 Å². The van der Waals surface area contributed by atoms with Gasteiger partial charge < -0.3 is 10.6 Å². The molecule has 1 heterocycles. The SMILES string of the molecule is CN=C(N)N1CCCCC1C. The molecule has 3 heteroatoms. The van der Waals surface area contributed by atoms with Crippen LogP contribution in [0.1, 0.15) is 26.2 Å². The van der Waals surface area contributed by atoms with Crippen LogP contribution in [0.5, 0.6) is 0 Å². The van der Waals surface area contributed by atoms with Crippen LogP contribution in [0.3, 0.4) is 0 Å². The quantitative estimate of drug-likeness (QED) is 0.415. The van der Waals surface area contributed by atoms with Gasteiger partial charge in [0.2, 0.25) is 0 Å². The Morgan fingerprint density at radius 2 is 2.27 bits per heavy atom. The summed E-state index contributed by atoms with van der Waals surface area (Å²) >= 11 is 0. The van der Waals surface area contributed by atoms with Crippen molar-refractivity contribution in [2.75, 3.05) is 13.6 Å². The molecule has 0 aliphatic carbocycles. The van der Waals surface area contributed by atoms with Gasteiger partial charge in [-0.1, -0.05) is 0 Å². The van der Waals surface area contributed by atoms with Crippen LogP contribution in [0.15, 0.2) is 4.99 Å². The molecule has 11 heavy (non-hydrogen) atoms. The summed E-state index contributed by atoms with van der Waals surface area (Å²) in [4.78, 5) is 6.17. The summed E-state index contributed by atoms with van der Waals surface area (Å²) < 4.78 is 0. The van der Waals surface area contributed by atoms with Gasteiger partial charge in [-0.3, -0.25) is 4.99 Å². The van der Waals surface area contributed by atoms with Gasteiger partial charge in [-0.25, -0.2) is 0 Å². The Kier molecular flexibility index (Phi) is 2.74. The Bertz CT molecular complexity index is 153. The van der Waals surface area contributed by atoms with Crippen LogP contribution in [0.25, 0.3) is 0 Å². The summed E-state index contributed by atoms with van der Waals surface area (Å²) in [5.74, 6) is 0.692. The second-order valence-electron chi connectivity index (χ2n) is 3.12. The van der Waals surface area contributed by atoms with Gasteiger partial charge in [0.15, 0.2) is 5.96 Å². The highest BCUT2D eigenvalue weighted by Crippen LogP contribution is 2.15. The molecule has 3 nitrogen and oxygen atoms in total. The van der Waals surface area contributed by atoms with Crippen molar-refractivity contribution in [1.82, 2.24) is 4.90 Å². The summed E-state index contributed by atoms with van der Waals surface area (Å²) in [6.45, 7) is 3.28. The molecule has 0 radical (unpaired) electrons. The Morgan fingerprint density at radius 1 is 1.55 bits per heavy atom. The molecular weight excluding hydrogens is 138 g/mol. The number of rotatable bonds is 0. The molecule has 1 rings (SSSR count). The number of piperidine rings is 1.